The third-order valence-corrected chi connectivity index (χ3v) is 4.18. The van der Waals surface area contributed by atoms with E-state index in [9.17, 15) is 4.79 Å². The van der Waals surface area contributed by atoms with E-state index in [1.807, 2.05) is 91.9 Å². The van der Waals surface area contributed by atoms with Crippen LogP contribution in [0.5, 0.6) is 0 Å². The Kier molecular flexibility index (Phi) is 5.07. The van der Waals surface area contributed by atoms with Crippen molar-refractivity contribution in [1.29, 1.82) is 0 Å². The summed E-state index contributed by atoms with van der Waals surface area (Å²) in [6.07, 6.45) is 0.392. The number of benzene rings is 3. The maximum absolute atomic E-state index is 12.6. The number of rotatable bonds is 5. The minimum Gasteiger partial charge on any atom is -0.345 e. The van der Waals surface area contributed by atoms with Crippen LogP contribution in [0.4, 0.5) is 0 Å². The van der Waals surface area contributed by atoms with Crippen LogP contribution in [-0.4, -0.2) is 5.91 Å². The summed E-state index contributed by atoms with van der Waals surface area (Å²) in [5.41, 5.74) is 4.38. The van der Waals surface area contributed by atoms with Crippen LogP contribution in [0, 0.1) is 6.92 Å². The van der Waals surface area contributed by atoms with E-state index in [-0.39, 0.29) is 11.9 Å². The molecule has 2 nitrogen and oxygen atoms in total. The second-order valence-electron chi connectivity index (χ2n) is 5.93. The molecule has 0 bridgehead atoms. The van der Waals surface area contributed by atoms with Crippen LogP contribution in [0.15, 0.2) is 84.9 Å². The summed E-state index contributed by atoms with van der Waals surface area (Å²) in [6.45, 7) is 2.04. The second-order valence-corrected chi connectivity index (χ2v) is 5.93. The van der Waals surface area contributed by atoms with Gasteiger partial charge in [-0.15, -0.1) is 0 Å². The first-order valence-electron chi connectivity index (χ1n) is 8.18. The molecule has 2 heteroatoms. The molecule has 0 fully saturated rings. The largest absolute Gasteiger partial charge is 0.345 e. The maximum Gasteiger partial charge on any atom is 0.225 e. The van der Waals surface area contributed by atoms with Crippen LogP contribution >= 0.6 is 0 Å². The molecule has 0 saturated carbocycles. The fourth-order valence-corrected chi connectivity index (χ4v) is 2.84. The lowest BCUT2D eigenvalue weighted by Gasteiger charge is -2.20. The summed E-state index contributed by atoms with van der Waals surface area (Å²) in [4.78, 5) is 12.6. The van der Waals surface area contributed by atoms with E-state index in [4.69, 9.17) is 0 Å². The summed E-state index contributed by atoms with van der Waals surface area (Å²) in [5.74, 6) is 0.0296. The lowest BCUT2D eigenvalue weighted by Crippen LogP contribution is -2.30. The van der Waals surface area contributed by atoms with E-state index < -0.39 is 0 Å². The van der Waals surface area contributed by atoms with Gasteiger partial charge >= 0.3 is 0 Å². The molecule has 0 heterocycles. The van der Waals surface area contributed by atoms with Gasteiger partial charge < -0.3 is 5.32 Å². The van der Waals surface area contributed by atoms with E-state index in [1.54, 1.807) is 0 Å². The quantitative estimate of drug-likeness (QED) is 0.741. The smallest absolute Gasteiger partial charge is 0.225 e. The van der Waals surface area contributed by atoms with Gasteiger partial charge in [0.2, 0.25) is 5.91 Å². The maximum atomic E-state index is 12.6. The molecule has 0 aliphatic carbocycles. The lowest BCUT2D eigenvalue weighted by molar-refractivity contribution is -0.120. The van der Waals surface area contributed by atoms with Crippen molar-refractivity contribution in [3.8, 4) is 0 Å². The van der Waals surface area contributed by atoms with Crippen molar-refractivity contribution in [2.24, 2.45) is 0 Å². The molecule has 1 amide bonds. The van der Waals surface area contributed by atoms with E-state index in [1.165, 1.54) is 0 Å². The molecule has 0 atom stereocenters. The topological polar surface area (TPSA) is 29.1 Å². The summed E-state index contributed by atoms with van der Waals surface area (Å²) in [6, 6.07) is 28.0. The average Bonchev–Trinajstić information content (AvgIpc) is 2.63. The van der Waals surface area contributed by atoms with Crippen molar-refractivity contribution in [2.45, 2.75) is 19.4 Å². The van der Waals surface area contributed by atoms with Crippen LogP contribution in [0.3, 0.4) is 0 Å². The van der Waals surface area contributed by atoms with E-state index in [2.05, 4.69) is 5.32 Å². The van der Waals surface area contributed by atoms with E-state index in [0.717, 1.165) is 22.3 Å². The Balaban J connectivity index is 1.82. The number of aryl methyl sites for hydroxylation is 1. The predicted octanol–water partition coefficient (Wildman–Crippen LogP) is 4.44. The zero-order valence-corrected chi connectivity index (χ0v) is 13.8. The highest BCUT2D eigenvalue weighted by molar-refractivity contribution is 5.79. The molecule has 3 aromatic carbocycles. The minimum absolute atomic E-state index is 0.0296. The van der Waals surface area contributed by atoms with Crippen LogP contribution in [0.25, 0.3) is 0 Å². The first-order valence-corrected chi connectivity index (χ1v) is 8.18. The van der Waals surface area contributed by atoms with Crippen LogP contribution in [-0.2, 0) is 11.2 Å². The molecule has 0 spiro atoms. The van der Waals surface area contributed by atoms with Crippen LogP contribution < -0.4 is 5.32 Å². The van der Waals surface area contributed by atoms with Gasteiger partial charge in [-0.1, -0.05) is 84.9 Å². The molecule has 0 radical (unpaired) electrons. The number of hydrogen-bond acceptors (Lipinski definition) is 1. The summed E-state index contributed by atoms with van der Waals surface area (Å²) < 4.78 is 0. The molecule has 3 aromatic rings. The third-order valence-electron chi connectivity index (χ3n) is 4.18. The van der Waals surface area contributed by atoms with Crippen molar-refractivity contribution in [3.05, 3.63) is 107 Å². The molecular weight excluding hydrogens is 294 g/mol. The highest BCUT2D eigenvalue weighted by Gasteiger charge is 2.17. The Morgan fingerprint density at radius 1 is 0.792 bits per heavy atom. The predicted molar refractivity (Wildman–Crippen MR) is 97.8 cm³/mol. The molecular formula is C22H21NO. The lowest BCUT2D eigenvalue weighted by atomic mass is 9.98. The molecule has 24 heavy (non-hydrogen) atoms. The molecule has 0 aliphatic rings. The third kappa shape index (κ3) is 3.90. The van der Waals surface area contributed by atoms with Gasteiger partial charge in [0.1, 0.15) is 0 Å². The van der Waals surface area contributed by atoms with Gasteiger partial charge in [0.05, 0.1) is 12.5 Å². The van der Waals surface area contributed by atoms with Gasteiger partial charge in [-0.2, -0.15) is 0 Å². The second kappa shape index (κ2) is 7.60. The molecule has 3 rings (SSSR count). The Morgan fingerprint density at radius 3 is 1.83 bits per heavy atom. The summed E-state index contributed by atoms with van der Waals surface area (Å²) >= 11 is 0. The molecule has 1 N–H and O–H groups in total. The zero-order chi connectivity index (χ0) is 16.8. The number of nitrogens with one attached hydrogen (secondary N) is 1. The van der Waals surface area contributed by atoms with Crippen molar-refractivity contribution >= 4 is 5.91 Å². The van der Waals surface area contributed by atoms with Gasteiger partial charge in [-0.05, 0) is 29.2 Å². The summed E-state index contributed by atoms with van der Waals surface area (Å²) in [5, 5.41) is 3.19. The van der Waals surface area contributed by atoms with Gasteiger partial charge in [0.15, 0.2) is 0 Å². The standard InChI is InChI=1S/C22H21NO/c1-17-10-8-9-15-20(17)16-21(24)23-22(18-11-4-2-5-12-18)19-13-6-3-7-14-19/h2-15,22H,16H2,1H3,(H,23,24). The van der Waals surface area contributed by atoms with Crippen molar-refractivity contribution in [1.82, 2.24) is 5.32 Å². The number of hydrogen-bond donors (Lipinski definition) is 1. The monoisotopic (exact) mass is 315 g/mol. The van der Waals surface area contributed by atoms with E-state index >= 15 is 0 Å². The van der Waals surface area contributed by atoms with Gasteiger partial charge in [0, 0.05) is 0 Å². The van der Waals surface area contributed by atoms with Crippen LogP contribution in [0.1, 0.15) is 28.3 Å². The number of amides is 1. The highest BCUT2D eigenvalue weighted by Crippen LogP contribution is 2.22. The van der Waals surface area contributed by atoms with Gasteiger partial charge in [-0.3, -0.25) is 4.79 Å². The first-order chi connectivity index (χ1) is 11.7. The summed E-state index contributed by atoms with van der Waals surface area (Å²) in [7, 11) is 0. The SMILES string of the molecule is Cc1ccccc1CC(=O)NC(c1ccccc1)c1ccccc1. The van der Waals surface area contributed by atoms with Gasteiger partial charge in [0.25, 0.3) is 0 Å². The Bertz CT molecular complexity index is 757. The average molecular weight is 315 g/mol. The zero-order valence-electron chi connectivity index (χ0n) is 13.8. The molecule has 0 unspecified atom stereocenters. The number of carbonyl (C=O) groups excluding carboxylic acids is 1. The minimum atomic E-state index is -0.135. The van der Waals surface area contributed by atoms with E-state index in [0.29, 0.717) is 6.42 Å². The fourth-order valence-electron chi connectivity index (χ4n) is 2.84. The fraction of sp³-hybridized carbons (Fsp3) is 0.136. The Labute approximate surface area is 143 Å². The van der Waals surface area contributed by atoms with Gasteiger partial charge in [-0.25, -0.2) is 0 Å². The molecule has 120 valence electrons. The van der Waals surface area contributed by atoms with Crippen molar-refractivity contribution < 1.29 is 4.79 Å². The Morgan fingerprint density at radius 2 is 1.29 bits per heavy atom. The molecule has 0 aromatic heterocycles. The van der Waals surface area contributed by atoms with Crippen molar-refractivity contribution in [2.75, 3.05) is 0 Å². The van der Waals surface area contributed by atoms with Crippen LogP contribution in [0.2, 0.25) is 0 Å². The molecule has 0 saturated heterocycles. The van der Waals surface area contributed by atoms with Crippen molar-refractivity contribution in [3.63, 3.8) is 0 Å². The number of carbonyl (C=O) groups is 1. The highest BCUT2D eigenvalue weighted by atomic mass is 16.1. The first kappa shape index (κ1) is 16.0. The Hall–Kier alpha value is -2.87. The molecule has 0 aliphatic heterocycles. The normalized spacial score (nSPS) is 10.6.